The Morgan fingerprint density at radius 3 is 2.74 bits per heavy atom. The number of amides is 1. The quantitative estimate of drug-likeness (QED) is 0.457. The summed E-state index contributed by atoms with van der Waals surface area (Å²) >= 11 is 1.35. The van der Waals surface area contributed by atoms with E-state index in [1.165, 1.54) is 35.7 Å². The summed E-state index contributed by atoms with van der Waals surface area (Å²) in [6, 6.07) is 14.2. The summed E-state index contributed by atoms with van der Waals surface area (Å²) in [6.07, 6.45) is 6.80. The van der Waals surface area contributed by atoms with E-state index in [0.29, 0.717) is 16.1 Å². The number of aryl methyl sites for hydroxylation is 2. The highest BCUT2D eigenvalue weighted by atomic mass is 32.2. The molecular weight excluding hydrogens is 406 g/mol. The van der Waals surface area contributed by atoms with Crippen molar-refractivity contribution in [2.75, 3.05) is 5.75 Å². The molecule has 2 aliphatic rings. The van der Waals surface area contributed by atoms with Gasteiger partial charge in [-0.05, 0) is 74.3 Å². The predicted molar refractivity (Wildman–Crippen MR) is 125 cm³/mol. The van der Waals surface area contributed by atoms with Crippen molar-refractivity contribution in [2.24, 2.45) is 0 Å². The molecule has 0 spiro atoms. The van der Waals surface area contributed by atoms with E-state index in [-0.39, 0.29) is 29.3 Å². The Hall–Kier alpha value is -2.60. The molecule has 1 aromatic heterocycles. The summed E-state index contributed by atoms with van der Waals surface area (Å²) in [6.45, 7) is 2.03. The summed E-state index contributed by atoms with van der Waals surface area (Å²) in [4.78, 5) is 30.4. The number of carbonyl (C=O) groups is 1. The van der Waals surface area contributed by atoms with Crippen LogP contribution in [0, 0.1) is 0 Å². The molecule has 0 radical (unpaired) electrons. The number of fused-ring (bicyclic) bond motifs is 2. The van der Waals surface area contributed by atoms with Crippen molar-refractivity contribution in [1.29, 1.82) is 0 Å². The van der Waals surface area contributed by atoms with Crippen molar-refractivity contribution in [1.82, 2.24) is 14.9 Å². The third-order valence-electron chi connectivity index (χ3n) is 6.27. The maximum Gasteiger partial charge on any atom is 0.262 e. The van der Waals surface area contributed by atoms with Crippen molar-refractivity contribution in [3.63, 3.8) is 0 Å². The second kappa shape index (κ2) is 8.50. The first-order valence-electron chi connectivity index (χ1n) is 11.2. The Labute approximate surface area is 186 Å². The summed E-state index contributed by atoms with van der Waals surface area (Å²) in [5, 5.41) is 4.40. The number of aromatic nitrogens is 2. The maximum absolute atomic E-state index is 13.0. The van der Waals surface area contributed by atoms with Crippen molar-refractivity contribution in [3.8, 4) is 0 Å². The van der Waals surface area contributed by atoms with Gasteiger partial charge in [0.1, 0.15) is 0 Å². The molecule has 6 heteroatoms. The van der Waals surface area contributed by atoms with Gasteiger partial charge in [-0.2, -0.15) is 0 Å². The number of nitrogens with zero attached hydrogens (tertiary/aromatic N) is 2. The number of para-hydroxylation sites is 1. The topological polar surface area (TPSA) is 64.0 Å². The van der Waals surface area contributed by atoms with Gasteiger partial charge in [-0.25, -0.2) is 4.98 Å². The first kappa shape index (κ1) is 20.3. The van der Waals surface area contributed by atoms with Crippen LogP contribution in [0.15, 0.2) is 52.4 Å². The first-order chi connectivity index (χ1) is 15.1. The van der Waals surface area contributed by atoms with Crippen LogP contribution in [0.3, 0.4) is 0 Å². The Bertz CT molecular complexity index is 1200. The van der Waals surface area contributed by atoms with Crippen molar-refractivity contribution >= 4 is 28.6 Å². The van der Waals surface area contributed by atoms with Crippen LogP contribution in [0.5, 0.6) is 0 Å². The minimum Gasteiger partial charge on any atom is -0.349 e. The standard InChI is InChI=1S/C25H27N3O2S/c1-16(18-11-10-17-6-2-3-7-19(17)14-18)26-23(29)15-31-25-27-22-9-5-4-8-21(22)24(30)28(25)20-12-13-20/h4-5,8-11,14,16,20H,2-3,6-7,12-13,15H2,1H3,(H,26,29). The van der Waals surface area contributed by atoms with Crippen molar-refractivity contribution in [2.45, 2.75) is 62.7 Å². The zero-order chi connectivity index (χ0) is 21.4. The minimum absolute atomic E-state index is 0.00145. The van der Waals surface area contributed by atoms with Crippen LogP contribution in [-0.2, 0) is 17.6 Å². The molecule has 1 unspecified atom stereocenters. The van der Waals surface area contributed by atoms with Gasteiger partial charge in [0.15, 0.2) is 5.16 Å². The molecule has 31 heavy (non-hydrogen) atoms. The SMILES string of the molecule is CC(NC(=O)CSc1nc2ccccc2c(=O)n1C1CC1)c1ccc2c(c1)CCCC2. The molecule has 1 saturated carbocycles. The Kier molecular flexibility index (Phi) is 5.57. The van der Waals surface area contributed by atoms with Crippen LogP contribution >= 0.6 is 11.8 Å². The van der Waals surface area contributed by atoms with E-state index in [2.05, 4.69) is 23.5 Å². The van der Waals surface area contributed by atoms with Gasteiger partial charge in [0.2, 0.25) is 5.91 Å². The molecular formula is C25H27N3O2S. The smallest absolute Gasteiger partial charge is 0.262 e. The van der Waals surface area contributed by atoms with Crippen LogP contribution in [0.2, 0.25) is 0 Å². The van der Waals surface area contributed by atoms with E-state index >= 15 is 0 Å². The molecule has 0 aliphatic heterocycles. The molecule has 1 atom stereocenters. The monoisotopic (exact) mass is 433 g/mol. The van der Waals surface area contributed by atoms with Crippen LogP contribution < -0.4 is 10.9 Å². The number of nitrogens with one attached hydrogen (secondary N) is 1. The van der Waals surface area contributed by atoms with E-state index in [9.17, 15) is 9.59 Å². The lowest BCUT2D eigenvalue weighted by molar-refractivity contribution is -0.119. The fourth-order valence-electron chi connectivity index (χ4n) is 4.40. The van der Waals surface area contributed by atoms with Crippen LogP contribution in [-0.4, -0.2) is 21.2 Å². The molecule has 5 nitrogen and oxygen atoms in total. The lowest BCUT2D eigenvalue weighted by Gasteiger charge is -2.20. The normalized spacial score (nSPS) is 16.7. The second-order valence-electron chi connectivity index (χ2n) is 8.63. The van der Waals surface area contributed by atoms with Crippen LogP contribution in [0.4, 0.5) is 0 Å². The number of hydrogen-bond donors (Lipinski definition) is 1. The zero-order valence-corrected chi connectivity index (χ0v) is 18.6. The third kappa shape index (κ3) is 4.26. The summed E-state index contributed by atoms with van der Waals surface area (Å²) in [5.41, 5.74) is 4.71. The molecule has 3 aromatic rings. The summed E-state index contributed by atoms with van der Waals surface area (Å²) < 4.78 is 1.78. The molecule has 1 fully saturated rings. The Morgan fingerprint density at radius 2 is 1.94 bits per heavy atom. The molecule has 5 rings (SSSR count). The predicted octanol–water partition coefficient (Wildman–Crippen LogP) is 4.58. The van der Waals surface area contributed by atoms with Crippen molar-refractivity contribution in [3.05, 3.63) is 69.5 Å². The van der Waals surface area contributed by atoms with Gasteiger partial charge in [0.05, 0.1) is 22.7 Å². The number of carbonyl (C=O) groups excluding carboxylic acids is 1. The van der Waals surface area contributed by atoms with Gasteiger partial charge in [0.25, 0.3) is 5.56 Å². The highest BCUT2D eigenvalue weighted by molar-refractivity contribution is 7.99. The molecule has 2 aromatic carbocycles. The van der Waals surface area contributed by atoms with Gasteiger partial charge < -0.3 is 5.32 Å². The van der Waals surface area contributed by atoms with E-state index < -0.39 is 0 Å². The van der Waals surface area contributed by atoms with Gasteiger partial charge in [-0.3, -0.25) is 14.2 Å². The highest BCUT2D eigenvalue weighted by Gasteiger charge is 2.28. The molecule has 0 bridgehead atoms. The van der Waals surface area contributed by atoms with E-state index in [4.69, 9.17) is 4.98 Å². The first-order valence-corrected chi connectivity index (χ1v) is 12.1. The molecule has 1 heterocycles. The van der Waals surface area contributed by atoms with E-state index in [1.54, 1.807) is 4.57 Å². The van der Waals surface area contributed by atoms with Gasteiger partial charge >= 0.3 is 0 Å². The highest BCUT2D eigenvalue weighted by Crippen LogP contribution is 2.36. The second-order valence-corrected chi connectivity index (χ2v) is 9.57. The van der Waals surface area contributed by atoms with Crippen LogP contribution in [0.25, 0.3) is 10.9 Å². The summed E-state index contributed by atoms with van der Waals surface area (Å²) in [7, 11) is 0. The Morgan fingerprint density at radius 1 is 1.16 bits per heavy atom. The van der Waals surface area contributed by atoms with E-state index in [1.807, 2.05) is 31.2 Å². The van der Waals surface area contributed by atoms with Crippen molar-refractivity contribution < 1.29 is 4.79 Å². The minimum atomic E-state index is -0.0458. The molecule has 160 valence electrons. The average molecular weight is 434 g/mol. The van der Waals surface area contributed by atoms with Crippen LogP contribution in [0.1, 0.15) is 61.4 Å². The largest absolute Gasteiger partial charge is 0.349 e. The lowest BCUT2D eigenvalue weighted by atomic mass is 9.89. The van der Waals surface area contributed by atoms with Gasteiger partial charge in [0, 0.05) is 6.04 Å². The lowest BCUT2D eigenvalue weighted by Crippen LogP contribution is -2.29. The van der Waals surface area contributed by atoms with E-state index in [0.717, 1.165) is 31.2 Å². The fraction of sp³-hybridized carbons (Fsp3) is 0.400. The average Bonchev–Trinajstić information content (AvgIpc) is 3.62. The molecule has 0 saturated heterocycles. The number of benzene rings is 2. The maximum atomic E-state index is 13.0. The molecule has 1 N–H and O–H groups in total. The number of thioether (sulfide) groups is 1. The summed E-state index contributed by atoms with van der Waals surface area (Å²) in [5.74, 6) is 0.201. The number of hydrogen-bond acceptors (Lipinski definition) is 4. The Balaban J connectivity index is 1.29. The third-order valence-corrected chi connectivity index (χ3v) is 7.22. The molecule has 2 aliphatic carbocycles. The number of rotatable bonds is 6. The fourth-order valence-corrected chi connectivity index (χ4v) is 5.28. The van der Waals surface area contributed by atoms with Gasteiger partial charge in [-0.15, -0.1) is 0 Å². The van der Waals surface area contributed by atoms with Gasteiger partial charge in [-0.1, -0.05) is 42.1 Å². The zero-order valence-electron chi connectivity index (χ0n) is 17.8. The molecule has 1 amide bonds.